The van der Waals surface area contributed by atoms with Crippen LogP contribution in [-0.2, 0) is 6.54 Å². The maximum atomic E-state index is 13.6. The van der Waals surface area contributed by atoms with Gasteiger partial charge in [-0.3, -0.25) is 0 Å². The van der Waals surface area contributed by atoms with E-state index in [4.69, 9.17) is 16.3 Å². The van der Waals surface area contributed by atoms with Crippen molar-refractivity contribution in [2.45, 2.75) is 6.54 Å². The quantitative estimate of drug-likeness (QED) is 0.826. The van der Waals surface area contributed by atoms with E-state index in [9.17, 15) is 8.78 Å². The average Bonchev–Trinajstić information content (AvgIpc) is 2.39. The van der Waals surface area contributed by atoms with E-state index < -0.39 is 11.6 Å². The predicted molar refractivity (Wildman–Crippen MR) is 79.4 cm³/mol. The van der Waals surface area contributed by atoms with Crippen molar-refractivity contribution in [1.82, 2.24) is 0 Å². The summed E-state index contributed by atoms with van der Waals surface area (Å²) < 4.78 is 32.6. The Morgan fingerprint density at radius 1 is 1.25 bits per heavy atom. The zero-order chi connectivity index (χ0) is 14.7. The van der Waals surface area contributed by atoms with Gasteiger partial charge in [-0.25, -0.2) is 8.78 Å². The van der Waals surface area contributed by atoms with Crippen LogP contribution in [0.2, 0.25) is 5.02 Å². The van der Waals surface area contributed by atoms with Gasteiger partial charge < -0.3 is 10.1 Å². The fourth-order valence-corrected chi connectivity index (χ4v) is 2.36. The van der Waals surface area contributed by atoms with E-state index in [1.165, 1.54) is 0 Å². The number of halogens is 4. The van der Waals surface area contributed by atoms with Crippen LogP contribution in [0.5, 0.6) is 5.75 Å². The van der Waals surface area contributed by atoms with Crippen LogP contribution in [0.15, 0.2) is 34.8 Å². The van der Waals surface area contributed by atoms with Gasteiger partial charge in [-0.05, 0) is 29.8 Å². The Morgan fingerprint density at radius 2 is 2.00 bits per heavy atom. The lowest BCUT2D eigenvalue weighted by atomic mass is 10.2. The molecule has 2 rings (SSSR count). The normalized spacial score (nSPS) is 10.4. The van der Waals surface area contributed by atoms with Crippen molar-refractivity contribution >= 4 is 33.2 Å². The number of nitrogens with one attached hydrogen (secondary N) is 1. The minimum absolute atomic E-state index is 0.00141. The van der Waals surface area contributed by atoms with Crippen molar-refractivity contribution in [3.8, 4) is 5.75 Å². The van der Waals surface area contributed by atoms with Crippen molar-refractivity contribution in [2.24, 2.45) is 0 Å². The molecule has 2 aromatic carbocycles. The van der Waals surface area contributed by atoms with E-state index in [2.05, 4.69) is 21.2 Å². The minimum atomic E-state index is -0.728. The third-order valence-electron chi connectivity index (χ3n) is 2.72. The number of hydrogen-bond donors (Lipinski definition) is 1. The Morgan fingerprint density at radius 3 is 2.65 bits per heavy atom. The fourth-order valence-electron chi connectivity index (χ4n) is 1.71. The van der Waals surface area contributed by atoms with Crippen LogP contribution in [-0.4, -0.2) is 7.11 Å². The highest BCUT2D eigenvalue weighted by Gasteiger charge is 2.10. The van der Waals surface area contributed by atoms with E-state index in [0.717, 1.165) is 22.2 Å². The van der Waals surface area contributed by atoms with Gasteiger partial charge in [0.25, 0.3) is 0 Å². The van der Waals surface area contributed by atoms with Gasteiger partial charge in [0.05, 0.1) is 17.8 Å². The summed E-state index contributed by atoms with van der Waals surface area (Å²) in [5.41, 5.74) is 0.937. The molecule has 0 fully saturated rings. The van der Waals surface area contributed by atoms with E-state index >= 15 is 0 Å². The summed E-state index contributed by atoms with van der Waals surface area (Å²) in [5.74, 6) is -0.745. The summed E-state index contributed by atoms with van der Waals surface area (Å²) in [6.45, 7) is 0.319. The number of rotatable bonds is 4. The van der Waals surface area contributed by atoms with Gasteiger partial charge in [0.1, 0.15) is 11.6 Å². The molecule has 0 aliphatic heterocycles. The summed E-state index contributed by atoms with van der Waals surface area (Å²) in [5, 5.41) is 2.86. The van der Waals surface area contributed by atoms with Crippen molar-refractivity contribution in [2.75, 3.05) is 12.4 Å². The van der Waals surface area contributed by atoms with Crippen LogP contribution in [0.4, 0.5) is 14.5 Å². The van der Waals surface area contributed by atoms with E-state index in [1.54, 1.807) is 13.2 Å². The second-order valence-electron chi connectivity index (χ2n) is 4.06. The highest BCUT2D eigenvalue weighted by atomic mass is 79.9. The van der Waals surface area contributed by atoms with Gasteiger partial charge in [0.15, 0.2) is 5.82 Å². The molecule has 0 saturated heterocycles. The number of hydrogen-bond acceptors (Lipinski definition) is 2. The highest BCUT2D eigenvalue weighted by molar-refractivity contribution is 9.10. The molecule has 106 valence electrons. The van der Waals surface area contributed by atoms with Gasteiger partial charge in [0, 0.05) is 17.1 Å². The first-order valence-electron chi connectivity index (χ1n) is 5.72. The third kappa shape index (κ3) is 3.41. The topological polar surface area (TPSA) is 21.3 Å². The fraction of sp³-hybridized carbons (Fsp3) is 0.143. The number of methoxy groups -OCH3 is 1. The Balaban J connectivity index is 2.21. The van der Waals surface area contributed by atoms with Crippen LogP contribution in [0.3, 0.4) is 0 Å². The molecular weight excluding hydrogens is 352 g/mol. The van der Waals surface area contributed by atoms with E-state index in [0.29, 0.717) is 12.3 Å². The Bertz CT molecular complexity index is 614. The van der Waals surface area contributed by atoms with E-state index in [-0.39, 0.29) is 10.7 Å². The highest BCUT2D eigenvalue weighted by Crippen LogP contribution is 2.28. The molecule has 0 heterocycles. The zero-order valence-corrected chi connectivity index (χ0v) is 12.9. The molecule has 1 N–H and O–H groups in total. The molecule has 0 unspecified atom stereocenters. The molecule has 0 bridgehead atoms. The van der Waals surface area contributed by atoms with Crippen LogP contribution in [0, 0.1) is 11.6 Å². The van der Waals surface area contributed by atoms with Gasteiger partial charge in [0.2, 0.25) is 0 Å². The van der Waals surface area contributed by atoms with Crippen molar-refractivity contribution < 1.29 is 13.5 Å². The largest absolute Gasteiger partial charge is 0.497 e. The average molecular weight is 363 g/mol. The smallest absolute Gasteiger partial charge is 0.150 e. The van der Waals surface area contributed by atoms with Crippen LogP contribution in [0.1, 0.15) is 5.56 Å². The SMILES string of the molecule is COc1ccc(Br)c(CNc2c(F)cc(F)cc2Cl)c1. The first kappa shape index (κ1) is 15.1. The van der Waals surface area contributed by atoms with E-state index in [1.807, 2.05) is 12.1 Å². The van der Waals surface area contributed by atoms with Crippen molar-refractivity contribution in [1.29, 1.82) is 0 Å². The lowest BCUT2D eigenvalue weighted by Gasteiger charge is -2.12. The second kappa shape index (κ2) is 6.41. The third-order valence-corrected chi connectivity index (χ3v) is 3.79. The van der Waals surface area contributed by atoms with Crippen molar-refractivity contribution in [3.05, 3.63) is 57.0 Å². The Hall–Kier alpha value is -1.33. The van der Waals surface area contributed by atoms with Gasteiger partial charge in [-0.15, -0.1) is 0 Å². The molecule has 2 nitrogen and oxygen atoms in total. The van der Waals surface area contributed by atoms with Crippen molar-refractivity contribution in [3.63, 3.8) is 0 Å². The van der Waals surface area contributed by atoms with Crippen LogP contribution < -0.4 is 10.1 Å². The number of ether oxygens (including phenoxy) is 1. The van der Waals surface area contributed by atoms with Gasteiger partial charge in [-0.2, -0.15) is 0 Å². The molecular formula is C14H11BrClF2NO. The van der Waals surface area contributed by atoms with Crippen LogP contribution >= 0.6 is 27.5 Å². The van der Waals surface area contributed by atoms with Gasteiger partial charge >= 0.3 is 0 Å². The molecule has 2 aromatic rings. The molecule has 0 saturated carbocycles. The maximum absolute atomic E-state index is 13.6. The molecule has 0 atom stereocenters. The first-order valence-corrected chi connectivity index (χ1v) is 6.89. The lowest BCUT2D eigenvalue weighted by molar-refractivity contribution is 0.414. The lowest BCUT2D eigenvalue weighted by Crippen LogP contribution is -2.03. The number of anilines is 1. The molecule has 0 radical (unpaired) electrons. The molecule has 0 aliphatic rings. The summed E-state index contributed by atoms with van der Waals surface area (Å²) in [6.07, 6.45) is 0. The molecule has 0 aliphatic carbocycles. The minimum Gasteiger partial charge on any atom is -0.497 e. The predicted octanol–water partition coefficient (Wildman–Crippen LogP) is 5.00. The first-order chi connectivity index (χ1) is 9.51. The Kier molecular flexibility index (Phi) is 4.83. The molecule has 20 heavy (non-hydrogen) atoms. The van der Waals surface area contributed by atoms with Crippen LogP contribution in [0.25, 0.3) is 0 Å². The molecule has 6 heteroatoms. The standard InChI is InChI=1S/C14H11BrClF2NO/c1-20-10-2-3-11(15)8(4-10)7-19-14-12(16)5-9(17)6-13(14)18/h2-6,19H,7H2,1H3. The molecule has 0 amide bonds. The second-order valence-corrected chi connectivity index (χ2v) is 5.32. The Labute approximate surface area is 128 Å². The monoisotopic (exact) mass is 361 g/mol. The summed E-state index contributed by atoms with van der Waals surface area (Å²) >= 11 is 9.22. The number of benzene rings is 2. The van der Waals surface area contributed by atoms with Gasteiger partial charge in [-0.1, -0.05) is 27.5 Å². The summed E-state index contributed by atoms with van der Waals surface area (Å²) in [6, 6.07) is 7.30. The zero-order valence-electron chi connectivity index (χ0n) is 10.5. The molecule has 0 aromatic heterocycles. The summed E-state index contributed by atoms with van der Waals surface area (Å²) in [7, 11) is 1.57. The summed E-state index contributed by atoms with van der Waals surface area (Å²) in [4.78, 5) is 0. The molecule has 0 spiro atoms. The maximum Gasteiger partial charge on any atom is 0.150 e.